The Morgan fingerprint density at radius 2 is 2.19 bits per heavy atom. The number of allylic oxidation sites excluding steroid dienone is 1. The molecule has 0 aromatic carbocycles. The van der Waals surface area contributed by atoms with E-state index in [0.29, 0.717) is 0 Å². The second-order valence-electron chi connectivity index (χ2n) is 4.01. The number of aromatic nitrogens is 1. The molecule has 2 heterocycles. The topological polar surface area (TPSA) is 22.0 Å². The van der Waals surface area contributed by atoms with Crippen molar-refractivity contribution in [3.05, 3.63) is 37.5 Å². The molecule has 2 aromatic rings. The van der Waals surface area contributed by atoms with Gasteiger partial charge in [-0.15, -0.1) is 11.3 Å². The molecule has 84 valence electrons. The van der Waals surface area contributed by atoms with Crippen molar-refractivity contribution in [2.45, 2.75) is 13.8 Å². The normalized spacial score (nSPS) is 10.8. The van der Waals surface area contributed by atoms with E-state index in [1.165, 1.54) is 5.57 Å². The van der Waals surface area contributed by atoms with Gasteiger partial charge in [-0.05, 0) is 41.9 Å². The highest BCUT2D eigenvalue weighted by Crippen LogP contribution is 2.30. The van der Waals surface area contributed by atoms with E-state index in [2.05, 4.69) is 35.9 Å². The van der Waals surface area contributed by atoms with E-state index in [1.54, 1.807) is 23.0 Å². The van der Waals surface area contributed by atoms with E-state index >= 15 is 0 Å². The highest BCUT2D eigenvalue weighted by Gasteiger charge is 2.08. The molecule has 0 spiro atoms. The molecule has 0 fully saturated rings. The van der Waals surface area contributed by atoms with Gasteiger partial charge in [0.1, 0.15) is 0 Å². The zero-order valence-corrected chi connectivity index (χ0v) is 11.8. The summed E-state index contributed by atoms with van der Waals surface area (Å²) in [6.45, 7) is 4.11. The molecule has 0 saturated heterocycles. The fraction of sp³-hybridized carbons (Fsp3) is 0.250. The van der Waals surface area contributed by atoms with Crippen LogP contribution >= 0.6 is 27.3 Å². The highest BCUT2D eigenvalue weighted by molar-refractivity contribution is 9.10. The molecule has 0 aliphatic carbocycles. The average molecular weight is 298 g/mol. The van der Waals surface area contributed by atoms with Crippen LogP contribution in [0.5, 0.6) is 0 Å². The number of rotatable bonds is 1. The second kappa shape index (κ2) is 4.18. The lowest BCUT2D eigenvalue weighted by molar-refractivity contribution is 0.870. The molecule has 0 unspecified atom stereocenters. The van der Waals surface area contributed by atoms with Crippen LogP contribution in [0.4, 0.5) is 0 Å². The van der Waals surface area contributed by atoms with E-state index in [1.807, 2.05) is 12.3 Å². The third-order valence-electron chi connectivity index (χ3n) is 2.26. The summed E-state index contributed by atoms with van der Waals surface area (Å²) in [5, 5.41) is 0.786. The Morgan fingerprint density at radius 3 is 2.81 bits per heavy atom. The summed E-state index contributed by atoms with van der Waals surface area (Å²) in [6.07, 6.45) is 3.91. The zero-order chi connectivity index (χ0) is 11.9. The summed E-state index contributed by atoms with van der Waals surface area (Å²) in [6, 6.07) is 1.96. The van der Waals surface area contributed by atoms with Crippen molar-refractivity contribution >= 4 is 43.4 Å². The first kappa shape index (κ1) is 11.6. The smallest absolute Gasteiger partial charge is 0.259 e. The maximum atomic E-state index is 11.9. The van der Waals surface area contributed by atoms with Gasteiger partial charge in [0.25, 0.3) is 5.56 Å². The molecule has 4 heteroatoms. The number of thiophene rings is 1. The monoisotopic (exact) mass is 297 g/mol. The Hall–Kier alpha value is -0.870. The minimum absolute atomic E-state index is 0.0582. The first-order valence-corrected chi connectivity index (χ1v) is 6.53. The Labute approximate surface area is 106 Å². The van der Waals surface area contributed by atoms with Crippen molar-refractivity contribution in [2.24, 2.45) is 7.05 Å². The molecule has 0 aliphatic rings. The van der Waals surface area contributed by atoms with Gasteiger partial charge < -0.3 is 4.57 Å². The number of pyridine rings is 1. The lowest BCUT2D eigenvalue weighted by atomic mass is 10.2. The number of halogens is 1. The highest BCUT2D eigenvalue weighted by atomic mass is 79.9. The number of fused-ring (bicyclic) bond motifs is 1. The van der Waals surface area contributed by atoms with E-state index in [0.717, 1.165) is 19.4 Å². The third kappa shape index (κ3) is 1.99. The van der Waals surface area contributed by atoms with Gasteiger partial charge in [-0.2, -0.15) is 0 Å². The van der Waals surface area contributed by atoms with Gasteiger partial charge in [-0.1, -0.05) is 5.57 Å². The quantitative estimate of drug-likeness (QED) is 0.785. The summed E-state index contributed by atoms with van der Waals surface area (Å²) in [5.74, 6) is 0. The van der Waals surface area contributed by atoms with Crippen LogP contribution in [0.2, 0.25) is 0 Å². The summed E-state index contributed by atoms with van der Waals surface area (Å²) in [5.41, 5.74) is 1.29. The number of aryl methyl sites for hydroxylation is 1. The summed E-state index contributed by atoms with van der Waals surface area (Å²) in [4.78, 5) is 13.0. The van der Waals surface area contributed by atoms with Crippen LogP contribution in [0.3, 0.4) is 0 Å². The van der Waals surface area contributed by atoms with E-state index in [4.69, 9.17) is 0 Å². The number of hydrogen-bond donors (Lipinski definition) is 0. The summed E-state index contributed by atoms with van der Waals surface area (Å²) >= 11 is 5.13. The SMILES string of the molecule is CC(C)=Cc1cc2c(=O)n(C)cc(Br)c2s1. The minimum Gasteiger partial charge on any atom is -0.317 e. The van der Waals surface area contributed by atoms with Crippen LogP contribution < -0.4 is 5.56 Å². The van der Waals surface area contributed by atoms with Gasteiger partial charge in [-0.3, -0.25) is 4.79 Å². The Balaban J connectivity index is 2.80. The average Bonchev–Trinajstić information content (AvgIpc) is 2.58. The lowest BCUT2D eigenvalue weighted by Crippen LogP contribution is -2.14. The minimum atomic E-state index is 0.0582. The van der Waals surface area contributed by atoms with Crippen LogP contribution in [0.25, 0.3) is 16.2 Å². The van der Waals surface area contributed by atoms with E-state index in [-0.39, 0.29) is 5.56 Å². The van der Waals surface area contributed by atoms with Crippen LogP contribution in [0, 0.1) is 0 Å². The van der Waals surface area contributed by atoms with Crippen LogP contribution in [-0.4, -0.2) is 4.57 Å². The number of hydrogen-bond acceptors (Lipinski definition) is 2. The molecule has 0 atom stereocenters. The van der Waals surface area contributed by atoms with Crippen molar-refractivity contribution in [2.75, 3.05) is 0 Å². The molecule has 2 aromatic heterocycles. The molecule has 2 rings (SSSR count). The molecular weight excluding hydrogens is 286 g/mol. The predicted molar refractivity (Wildman–Crippen MR) is 74.1 cm³/mol. The van der Waals surface area contributed by atoms with Crippen molar-refractivity contribution in [1.82, 2.24) is 4.57 Å². The largest absolute Gasteiger partial charge is 0.317 e. The summed E-state index contributed by atoms with van der Waals surface area (Å²) < 4.78 is 3.60. The van der Waals surface area contributed by atoms with Crippen molar-refractivity contribution in [3.8, 4) is 0 Å². The van der Waals surface area contributed by atoms with Gasteiger partial charge >= 0.3 is 0 Å². The van der Waals surface area contributed by atoms with Crippen LogP contribution in [-0.2, 0) is 7.05 Å². The van der Waals surface area contributed by atoms with Gasteiger partial charge in [0.05, 0.1) is 14.6 Å². The molecule has 16 heavy (non-hydrogen) atoms. The molecule has 0 amide bonds. The van der Waals surface area contributed by atoms with Gasteiger partial charge in [0.15, 0.2) is 0 Å². The van der Waals surface area contributed by atoms with E-state index in [9.17, 15) is 4.79 Å². The molecule has 0 saturated carbocycles. The van der Waals surface area contributed by atoms with Gasteiger partial charge in [-0.25, -0.2) is 0 Å². The number of nitrogens with zero attached hydrogens (tertiary/aromatic N) is 1. The van der Waals surface area contributed by atoms with Crippen molar-refractivity contribution in [1.29, 1.82) is 0 Å². The molecular formula is C12H12BrNOS. The molecule has 0 radical (unpaired) electrons. The fourth-order valence-electron chi connectivity index (χ4n) is 1.58. The van der Waals surface area contributed by atoms with Crippen molar-refractivity contribution < 1.29 is 0 Å². The first-order valence-electron chi connectivity index (χ1n) is 4.92. The maximum Gasteiger partial charge on any atom is 0.259 e. The van der Waals surface area contributed by atoms with Crippen molar-refractivity contribution in [3.63, 3.8) is 0 Å². The van der Waals surface area contributed by atoms with Crippen LogP contribution in [0.15, 0.2) is 27.1 Å². The second-order valence-corrected chi connectivity index (χ2v) is 5.94. The third-order valence-corrected chi connectivity index (χ3v) is 4.24. The van der Waals surface area contributed by atoms with Gasteiger partial charge in [0, 0.05) is 18.1 Å². The van der Waals surface area contributed by atoms with Gasteiger partial charge in [0.2, 0.25) is 0 Å². The Bertz CT molecular complexity index is 632. The van der Waals surface area contributed by atoms with Crippen LogP contribution in [0.1, 0.15) is 18.7 Å². The predicted octanol–water partition coefficient (Wildman–Crippen LogP) is 3.79. The lowest BCUT2D eigenvalue weighted by Gasteiger charge is -1.98. The first-order chi connectivity index (χ1) is 7.49. The molecule has 0 aliphatic heterocycles. The molecule has 2 nitrogen and oxygen atoms in total. The van der Waals surface area contributed by atoms with E-state index < -0.39 is 0 Å². The standard InChI is InChI=1S/C12H12BrNOS/c1-7(2)4-8-5-9-11(16-8)10(13)6-14(3)12(9)15/h4-6H,1-3H3. The maximum absolute atomic E-state index is 11.9. The summed E-state index contributed by atoms with van der Waals surface area (Å²) in [7, 11) is 1.77. The zero-order valence-electron chi connectivity index (χ0n) is 9.37. The molecule has 0 bridgehead atoms. The Morgan fingerprint density at radius 1 is 1.50 bits per heavy atom. The molecule has 0 N–H and O–H groups in total. The fourth-order valence-corrected chi connectivity index (χ4v) is 3.46. The Kier molecular flexibility index (Phi) is 3.04.